The Balaban J connectivity index is 2.27. The smallest absolute Gasteiger partial charge is 0.361 e. The Labute approximate surface area is 188 Å². The lowest BCUT2D eigenvalue weighted by Crippen LogP contribution is -2.60. The zero-order valence-electron chi connectivity index (χ0n) is 19.7. The lowest BCUT2D eigenvalue weighted by Gasteiger charge is -2.46. The molecule has 0 aliphatic heterocycles. The van der Waals surface area contributed by atoms with Crippen LogP contribution in [0.1, 0.15) is 56.7 Å². The third-order valence-corrected chi connectivity index (χ3v) is 5.38. The molecule has 0 bridgehead atoms. The van der Waals surface area contributed by atoms with E-state index in [1.165, 1.54) is 4.57 Å². The summed E-state index contributed by atoms with van der Waals surface area (Å²) in [6.07, 6.45) is 4.80. The van der Waals surface area contributed by atoms with E-state index in [0.717, 1.165) is 6.29 Å². The van der Waals surface area contributed by atoms with Gasteiger partial charge in [0.2, 0.25) is 0 Å². The van der Waals surface area contributed by atoms with Crippen LogP contribution in [-0.4, -0.2) is 45.7 Å². The lowest BCUT2D eigenvalue weighted by molar-refractivity contribution is -0.138. The van der Waals surface area contributed by atoms with Crippen LogP contribution in [0.5, 0.6) is 0 Å². The van der Waals surface area contributed by atoms with E-state index >= 15 is 0 Å². The van der Waals surface area contributed by atoms with E-state index in [0.29, 0.717) is 30.8 Å². The number of methoxy groups -OCH3 is 1. The highest BCUT2D eigenvalue weighted by atomic mass is 16.5. The Kier molecular flexibility index (Phi) is 8.32. The molecule has 8 nitrogen and oxygen atoms in total. The van der Waals surface area contributed by atoms with Crippen molar-refractivity contribution >= 4 is 12.2 Å². The molecule has 1 aromatic carbocycles. The fourth-order valence-corrected chi connectivity index (χ4v) is 3.62. The second-order valence-corrected chi connectivity index (χ2v) is 9.09. The highest BCUT2D eigenvalue weighted by Crippen LogP contribution is 2.33. The van der Waals surface area contributed by atoms with Gasteiger partial charge in [-0.25, -0.2) is 4.79 Å². The number of aldehydes is 1. The van der Waals surface area contributed by atoms with E-state index in [4.69, 9.17) is 4.74 Å². The fraction of sp³-hybridized carbons (Fsp3) is 0.500. The Bertz CT molecular complexity index is 987. The quantitative estimate of drug-likeness (QED) is 0.316. The molecule has 1 aromatic heterocycles. The number of nitrogens with zero attached hydrogens (tertiary/aromatic N) is 3. The molecule has 0 aliphatic carbocycles. The molecule has 32 heavy (non-hydrogen) atoms. The van der Waals surface area contributed by atoms with Gasteiger partial charge in [-0.2, -0.15) is 0 Å². The van der Waals surface area contributed by atoms with Crippen LogP contribution in [0.15, 0.2) is 51.8 Å². The molecule has 0 N–H and O–H groups in total. The average Bonchev–Trinajstić information content (AvgIpc) is 3.08. The lowest BCUT2D eigenvalue weighted by atomic mass is 9.86. The fourth-order valence-electron chi connectivity index (χ4n) is 3.62. The van der Waals surface area contributed by atoms with Gasteiger partial charge in [-0.15, -0.1) is 0 Å². The number of hydrogen-bond acceptors (Lipinski definition) is 6. The molecule has 0 radical (unpaired) electrons. The van der Waals surface area contributed by atoms with Crippen LogP contribution in [0.3, 0.4) is 0 Å². The number of aromatic nitrogens is 2. The highest BCUT2D eigenvalue weighted by Gasteiger charge is 2.44. The van der Waals surface area contributed by atoms with E-state index in [1.807, 2.05) is 39.0 Å². The van der Waals surface area contributed by atoms with E-state index < -0.39 is 22.9 Å². The molecular weight excluding hydrogens is 410 g/mol. The number of carbonyl (C=O) groups excluding carboxylic acids is 2. The summed E-state index contributed by atoms with van der Waals surface area (Å²) in [5.74, 6) is -0.291. The monoisotopic (exact) mass is 443 g/mol. The third kappa shape index (κ3) is 5.82. The van der Waals surface area contributed by atoms with Crippen LogP contribution >= 0.6 is 0 Å². The summed E-state index contributed by atoms with van der Waals surface area (Å²) in [5, 5.41) is 3.63. The molecule has 0 fully saturated rings. The molecule has 2 rings (SSSR count). The molecule has 0 saturated carbocycles. The SMILES string of the molecule is CO[C@@H](N(C(=O)c1ccccc1)[C@](C)(C=O)CC/C=C\Cn1c(C)noc1=O)C(C)(C)C. The number of rotatable bonds is 10. The Morgan fingerprint density at radius 2 is 1.88 bits per heavy atom. The van der Waals surface area contributed by atoms with Crippen molar-refractivity contribution in [3.63, 3.8) is 0 Å². The number of allylic oxidation sites excluding steroid dienone is 2. The summed E-state index contributed by atoms with van der Waals surface area (Å²) in [6.45, 7) is 9.67. The van der Waals surface area contributed by atoms with Gasteiger partial charge in [0.15, 0.2) is 5.82 Å². The van der Waals surface area contributed by atoms with Gasteiger partial charge in [0.25, 0.3) is 5.91 Å². The minimum atomic E-state index is -1.10. The highest BCUT2D eigenvalue weighted by molar-refractivity contribution is 5.96. The molecule has 1 amide bonds. The van der Waals surface area contributed by atoms with E-state index in [-0.39, 0.29) is 5.91 Å². The van der Waals surface area contributed by atoms with Crippen LogP contribution in [0.25, 0.3) is 0 Å². The van der Waals surface area contributed by atoms with Gasteiger partial charge < -0.3 is 9.53 Å². The molecule has 0 spiro atoms. The second kappa shape index (κ2) is 10.5. The van der Waals surface area contributed by atoms with Crippen molar-refractivity contribution in [3.8, 4) is 0 Å². The third-order valence-electron chi connectivity index (χ3n) is 5.38. The molecule has 2 aromatic rings. The van der Waals surface area contributed by atoms with Gasteiger partial charge in [-0.05, 0) is 38.8 Å². The van der Waals surface area contributed by atoms with E-state index in [1.54, 1.807) is 50.1 Å². The standard InChI is InChI=1S/C24H33N3O5/c1-18-25-32-22(30)26(18)16-12-8-11-15-24(5,17-28)27(21(31-6)23(2,3)4)20(29)19-13-9-7-10-14-19/h7-10,12-14,17,21H,11,15-16H2,1-6H3/b12-8-/t21-,24+/m1/s1. The first-order valence-corrected chi connectivity index (χ1v) is 10.6. The first kappa shape index (κ1) is 25.3. The van der Waals surface area contributed by atoms with Crippen LogP contribution in [0, 0.1) is 12.3 Å². The van der Waals surface area contributed by atoms with Crippen molar-refractivity contribution in [3.05, 3.63) is 64.4 Å². The normalized spacial score (nSPS) is 14.8. The van der Waals surface area contributed by atoms with E-state index in [9.17, 15) is 14.4 Å². The topological polar surface area (TPSA) is 94.6 Å². The number of benzene rings is 1. The van der Waals surface area contributed by atoms with Gasteiger partial charge in [0.1, 0.15) is 12.5 Å². The Morgan fingerprint density at radius 1 is 1.22 bits per heavy atom. The largest absolute Gasteiger partial charge is 0.441 e. The van der Waals surface area contributed by atoms with Crippen molar-refractivity contribution < 1.29 is 18.8 Å². The van der Waals surface area contributed by atoms with Crippen LogP contribution < -0.4 is 5.76 Å². The van der Waals surface area contributed by atoms with Crippen molar-refractivity contribution in [2.75, 3.05) is 7.11 Å². The second-order valence-electron chi connectivity index (χ2n) is 9.09. The summed E-state index contributed by atoms with van der Waals surface area (Å²) in [6, 6.07) is 8.88. The van der Waals surface area contributed by atoms with Crippen molar-refractivity contribution in [2.24, 2.45) is 5.41 Å². The molecule has 0 aliphatic rings. The van der Waals surface area contributed by atoms with Crippen LogP contribution in [-0.2, 0) is 16.1 Å². The zero-order valence-corrected chi connectivity index (χ0v) is 19.7. The van der Waals surface area contributed by atoms with Gasteiger partial charge >= 0.3 is 5.76 Å². The van der Waals surface area contributed by atoms with E-state index in [2.05, 4.69) is 9.68 Å². The van der Waals surface area contributed by atoms with Gasteiger partial charge in [-0.3, -0.25) is 18.8 Å². The first-order valence-electron chi connectivity index (χ1n) is 10.6. The zero-order chi connectivity index (χ0) is 23.9. The molecular formula is C24H33N3O5. The summed E-state index contributed by atoms with van der Waals surface area (Å²) < 4.78 is 11.8. The summed E-state index contributed by atoms with van der Waals surface area (Å²) in [7, 11) is 1.55. The molecule has 8 heteroatoms. The average molecular weight is 444 g/mol. The van der Waals surface area contributed by atoms with Crippen LogP contribution in [0.4, 0.5) is 0 Å². The maximum atomic E-state index is 13.5. The predicted molar refractivity (Wildman–Crippen MR) is 121 cm³/mol. The number of ether oxygens (including phenoxy) is 1. The molecule has 174 valence electrons. The van der Waals surface area contributed by atoms with Gasteiger partial charge in [-0.1, -0.05) is 56.3 Å². The molecule has 0 saturated heterocycles. The minimum Gasteiger partial charge on any atom is -0.361 e. The maximum Gasteiger partial charge on any atom is 0.441 e. The first-order chi connectivity index (χ1) is 15.0. The summed E-state index contributed by atoms with van der Waals surface area (Å²) in [4.78, 5) is 39.0. The number of hydrogen-bond donors (Lipinski definition) is 0. The predicted octanol–water partition coefficient (Wildman–Crippen LogP) is 3.60. The Hall–Kier alpha value is -3.00. The summed E-state index contributed by atoms with van der Waals surface area (Å²) >= 11 is 0. The number of carbonyl (C=O) groups is 2. The molecule has 0 unspecified atom stereocenters. The number of amides is 1. The number of aryl methyl sites for hydroxylation is 1. The van der Waals surface area contributed by atoms with Crippen LogP contribution in [0.2, 0.25) is 0 Å². The molecule has 2 atom stereocenters. The summed E-state index contributed by atoms with van der Waals surface area (Å²) in [5.41, 5.74) is -1.04. The van der Waals surface area contributed by atoms with Crippen molar-refractivity contribution in [1.29, 1.82) is 0 Å². The maximum absolute atomic E-state index is 13.5. The van der Waals surface area contributed by atoms with Gasteiger partial charge in [0, 0.05) is 24.6 Å². The molecule has 1 heterocycles. The van der Waals surface area contributed by atoms with Crippen molar-refractivity contribution in [1.82, 2.24) is 14.6 Å². The van der Waals surface area contributed by atoms with Crippen molar-refractivity contribution in [2.45, 2.75) is 65.8 Å². The Morgan fingerprint density at radius 3 is 2.38 bits per heavy atom. The van der Waals surface area contributed by atoms with Gasteiger partial charge in [0.05, 0.1) is 5.54 Å². The minimum absolute atomic E-state index is 0.266.